The van der Waals surface area contributed by atoms with Gasteiger partial charge in [0.25, 0.3) is 0 Å². The van der Waals surface area contributed by atoms with E-state index in [2.05, 4.69) is 15.5 Å². The van der Waals surface area contributed by atoms with Crippen molar-refractivity contribution in [1.29, 1.82) is 0 Å². The SMILES string of the molecule is CCOc1ccccc1-n1nnnc1SC(C)c1ccc(F)cc1. The Morgan fingerprint density at radius 2 is 1.92 bits per heavy atom. The third kappa shape index (κ3) is 3.56. The molecule has 3 aromatic rings. The molecule has 24 heavy (non-hydrogen) atoms. The Morgan fingerprint density at radius 3 is 2.67 bits per heavy atom. The van der Waals surface area contributed by atoms with Gasteiger partial charge in [-0.3, -0.25) is 0 Å². The third-order valence-corrected chi connectivity index (χ3v) is 4.55. The normalized spacial score (nSPS) is 12.1. The van der Waals surface area contributed by atoms with Gasteiger partial charge in [-0.1, -0.05) is 36.0 Å². The highest BCUT2D eigenvalue weighted by Gasteiger charge is 2.17. The smallest absolute Gasteiger partial charge is 0.214 e. The zero-order valence-corrected chi connectivity index (χ0v) is 14.2. The average Bonchev–Trinajstić information content (AvgIpc) is 3.04. The van der Waals surface area contributed by atoms with Gasteiger partial charge in [0.05, 0.1) is 6.61 Å². The molecule has 0 saturated carbocycles. The van der Waals surface area contributed by atoms with Crippen molar-refractivity contribution < 1.29 is 9.13 Å². The molecule has 0 radical (unpaired) electrons. The molecule has 2 aromatic carbocycles. The summed E-state index contributed by atoms with van der Waals surface area (Å²) in [5.41, 5.74) is 1.80. The van der Waals surface area contributed by atoms with Crippen LogP contribution < -0.4 is 4.74 Å². The molecule has 0 aliphatic carbocycles. The molecule has 1 atom stereocenters. The second-order valence-electron chi connectivity index (χ2n) is 5.09. The van der Waals surface area contributed by atoms with E-state index in [0.717, 1.165) is 17.0 Å². The minimum Gasteiger partial charge on any atom is -0.492 e. The van der Waals surface area contributed by atoms with Gasteiger partial charge in [-0.25, -0.2) is 4.39 Å². The van der Waals surface area contributed by atoms with Gasteiger partial charge in [-0.2, -0.15) is 4.68 Å². The largest absolute Gasteiger partial charge is 0.492 e. The second kappa shape index (κ2) is 7.44. The Labute approximate surface area is 143 Å². The predicted molar refractivity (Wildman–Crippen MR) is 91.0 cm³/mol. The standard InChI is InChI=1S/C17H17FN4OS/c1-3-23-16-7-5-4-6-15(16)22-17(19-20-21-22)24-12(2)13-8-10-14(18)11-9-13/h4-12H,3H2,1-2H3. The van der Waals surface area contributed by atoms with Crippen molar-refractivity contribution in [3.8, 4) is 11.4 Å². The minimum atomic E-state index is -0.244. The molecule has 124 valence electrons. The van der Waals surface area contributed by atoms with E-state index in [4.69, 9.17) is 4.74 Å². The van der Waals surface area contributed by atoms with E-state index < -0.39 is 0 Å². The predicted octanol–water partition coefficient (Wildman–Crippen LogP) is 4.05. The summed E-state index contributed by atoms with van der Waals surface area (Å²) in [5, 5.41) is 12.7. The fourth-order valence-corrected chi connectivity index (χ4v) is 3.20. The summed E-state index contributed by atoms with van der Waals surface area (Å²) in [6, 6.07) is 14.1. The summed E-state index contributed by atoms with van der Waals surface area (Å²) in [7, 11) is 0. The summed E-state index contributed by atoms with van der Waals surface area (Å²) in [6.45, 7) is 4.53. The van der Waals surface area contributed by atoms with Crippen LogP contribution in [0.4, 0.5) is 4.39 Å². The number of hydrogen-bond acceptors (Lipinski definition) is 5. The number of thioether (sulfide) groups is 1. The first-order valence-corrected chi connectivity index (χ1v) is 8.49. The number of benzene rings is 2. The van der Waals surface area contributed by atoms with Gasteiger partial charge in [-0.15, -0.1) is 5.10 Å². The monoisotopic (exact) mass is 344 g/mol. The topological polar surface area (TPSA) is 52.8 Å². The van der Waals surface area contributed by atoms with Gasteiger partial charge in [-0.05, 0) is 54.1 Å². The van der Waals surface area contributed by atoms with Crippen LogP contribution in [0.5, 0.6) is 5.75 Å². The first kappa shape index (κ1) is 16.4. The Bertz CT molecular complexity index is 806. The maximum absolute atomic E-state index is 13.1. The van der Waals surface area contributed by atoms with E-state index in [-0.39, 0.29) is 11.1 Å². The van der Waals surface area contributed by atoms with Crippen LogP contribution in [-0.4, -0.2) is 26.8 Å². The van der Waals surface area contributed by atoms with Crippen LogP contribution in [0.1, 0.15) is 24.7 Å². The number of hydrogen-bond donors (Lipinski definition) is 0. The Balaban J connectivity index is 1.87. The highest BCUT2D eigenvalue weighted by Crippen LogP contribution is 2.35. The van der Waals surface area contributed by atoms with E-state index in [9.17, 15) is 4.39 Å². The first-order valence-electron chi connectivity index (χ1n) is 7.61. The molecule has 1 heterocycles. The van der Waals surface area contributed by atoms with Crippen molar-refractivity contribution in [2.75, 3.05) is 6.61 Å². The highest BCUT2D eigenvalue weighted by atomic mass is 32.2. The van der Waals surface area contributed by atoms with Crippen LogP contribution >= 0.6 is 11.8 Å². The molecule has 0 spiro atoms. The molecular formula is C17H17FN4OS. The third-order valence-electron chi connectivity index (χ3n) is 3.46. The Hall–Kier alpha value is -2.41. The van der Waals surface area contributed by atoms with E-state index in [1.807, 2.05) is 38.1 Å². The van der Waals surface area contributed by atoms with Crippen LogP contribution in [-0.2, 0) is 0 Å². The Kier molecular flexibility index (Phi) is 5.10. The molecule has 0 N–H and O–H groups in total. The molecule has 0 fully saturated rings. The zero-order chi connectivity index (χ0) is 16.9. The van der Waals surface area contributed by atoms with Crippen LogP contribution in [0.3, 0.4) is 0 Å². The molecule has 5 nitrogen and oxygen atoms in total. The highest BCUT2D eigenvalue weighted by molar-refractivity contribution is 7.99. The zero-order valence-electron chi connectivity index (χ0n) is 13.4. The first-order chi connectivity index (χ1) is 11.7. The number of tetrazole rings is 1. The van der Waals surface area contributed by atoms with Crippen molar-refractivity contribution >= 4 is 11.8 Å². The molecule has 0 amide bonds. The molecular weight excluding hydrogens is 327 g/mol. The second-order valence-corrected chi connectivity index (χ2v) is 6.39. The lowest BCUT2D eigenvalue weighted by molar-refractivity contribution is 0.337. The molecule has 7 heteroatoms. The van der Waals surface area contributed by atoms with Crippen molar-refractivity contribution in [3.63, 3.8) is 0 Å². The number of para-hydroxylation sites is 2. The number of rotatable bonds is 6. The van der Waals surface area contributed by atoms with E-state index in [1.54, 1.807) is 16.8 Å². The van der Waals surface area contributed by atoms with Crippen molar-refractivity contribution in [2.24, 2.45) is 0 Å². The summed E-state index contributed by atoms with van der Waals surface area (Å²) >= 11 is 1.51. The fraction of sp³-hybridized carbons (Fsp3) is 0.235. The molecule has 0 aliphatic rings. The van der Waals surface area contributed by atoms with E-state index in [1.165, 1.54) is 23.9 Å². The van der Waals surface area contributed by atoms with Crippen LogP contribution in [0.25, 0.3) is 5.69 Å². The van der Waals surface area contributed by atoms with Crippen LogP contribution in [0, 0.1) is 5.82 Å². The van der Waals surface area contributed by atoms with Crippen LogP contribution in [0.2, 0.25) is 0 Å². The lowest BCUT2D eigenvalue weighted by Gasteiger charge is -2.13. The summed E-state index contributed by atoms with van der Waals surface area (Å²) < 4.78 is 20.4. The lowest BCUT2D eigenvalue weighted by atomic mass is 10.2. The number of halogens is 1. The van der Waals surface area contributed by atoms with E-state index >= 15 is 0 Å². The number of ether oxygens (including phenoxy) is 1. The maximum atomic E-state index is 13.1. The van der Waals surface area contributed by atoms with Gasteiger partial charge in [0.1, 0.15) is 17.3 Å². The van der Waals surface area contributed by atoms with Crippen molar-refractivity contribution in [3.05, 3.63) is 59.9 Å². The molecule has 0 saturated heterocycles. The number of aromatic nitrogens is 4. The maximum Gasteiger partial charge on any atom is 0.214 e. The van der Waals surface area contributed by atoms with Gasteiger partial charge >= 0.3 is 0 Å². The fourth-order valence-electron chi connectivity index (χ4n) is 2.27. The van der Waals surface area contributed by atoms with Gasteiger partial charge in [0.2, 0.25) is 5.16 Å². The molecule has 3 rings (SSSR count). The van der Waals surface area contributed by atoms with Crippen molar-refractivity contribution in [2.45, 2.75) is 24.3 Å². The van der Waals surface area contributed by atoms with Crippen molar-refractivity contribution in [1.82, 2.24) is 20.2 Å². The van der Waals surface area contributed by atoms with Gasteiger partial charge in [0, 0.05) is 5.25 Å². The summed E-state index contributed by atoms with van der Waals surface area (Å²) in [4.78, 5) is 0. The van der Waals surface area contributed by atoms with E-state index in [0.29, 0.717) is 11.8 Å². The molecule has 1 unspecified atom stereocenters. The quantitative estimate of drug-likeness (QED) is 0.631. The average molecular weight is 344 g/mol. The minimum absolute atomic E-state index is 0.0783. The molecule has 0 bridgehead atoms. The number of nitrogens with zero attached hydrogens (tertiary/aromatic N) is 4. The Morgan fingerprint density at radius 1 is 1.17 bits per heavy atom. The van der Waals surface area contributed by atoms with Gasteiger partial charge in [0.15, 0.2) is 0 Å². The summed E-state index contributed by atoms with van der Waals surface area (Å²) in [6.07, 6.45) is 0. The van der Waals surface area contributed by atoms with Gasteiger partial charge < -0.3 is 4.74 Å². The molecule has 1 aromatic heterocycles. The summed E-state index contributed by atoms with van der Waals surface area (Å²) in [5.74, 6) is 0.481. The lowest BCUT2D eigenvalue weighted by Crippen LogP contribution is -2.04. The van der Waals surface area contributed by atoms with Crippen LogP contribution in [0.15, 0.2) is 53.7 Å². The molecule has 0 aliphatic heterocycles.